The van der Waals surface area contributed by atoms with Crippen LogP contribution in [-0.4, -0.2) is 47.8 Å². The zero-order valence-electron chi connectivity index (χ0n) is 16.1. The van der Waals surface area contributed by atoms with E-state index in [1.807, 2.05) is 73.8 Å². The van der Waals surface area contributed by atoms with Crippen molar-refractivity contribution in [2.75, 3.05) is 11.1 Å². The molecule has 0 fully saturated rings. The second kappa shape index (κ2) is 11.2. The molecule has 0 radical (unpaired) electrons. The number of nitrogens with zero attached hydrogens (tertiary/aromatic N) is 1. The zero-order valence-corrected chi connectivity index (χ0v) is 23.4. The molecule has 10 nitrogen and oxygen atoms in total. The Hall–Kier alpha value is -1.33. The van der Waals surface area contributed by atoms with Crippen LogP contribution in [0.4, 0.5) is 24.5 Å². The number of ether oxygens (including phenoxy) is 1. The van der Waals surface area contributed by atoms with Crippen LogP contribution in [0.2, 0.25) is 0 Å². The van der Waals surface area contributed by atoms with Gasteiger partial charge in [-0.1, -0.05) is 0 Å². The summed E-state index contributed by atoms with van der Waals surface area (Å²) < 4.78 is 75.6. The molecule has 184 valence electrons. The van der Waals surface area contributed by atoms with E-state index in [0.717, 1.165) is 25.3 Å². The lowest BCUT2D eigenvalue weighted by Crippen LogP contribution is -2.39. The summed E-state index contributed by atoms with van der Waals surface area (Å²) in [6.07, 6.45) is -8.64. The number of benzene rings is 2. The van der Waals surface area contributed by atoms with Gasteiger partial charge in [0.25, 0.3) is 21.7 Å². The molecule has 0 aliphatic carbocycles. The summed E-state index contributed by atoms with van der Waals surface area (Å²) in [6, 6.07) is 5.91. The SMILES string of the molecule is O=C(OC(CS(=O)(=O)O)C(F)(F)F)c1ccc(NC(=O)c2cc(I)cc(I)c2I)cc1[N+](=O)[O-]. The van der Waals surface area contributed by atoms with Crippen molar-refractivity contribution < 1.29 is 45.4 Å². The van der Waals surface area contributed by atoms with Gasteiger partial charge < -0.3 is 10.1 Å². The van der Waals surface area contributed by atoms with Crippen LogP contribution < -0.4 is 5.32 Å². The van der Waals surface area contributed by atoms with Crippen LogP contribution >= 0.6 is 67.8 Å². The molecule has 0 saturated carbocycles. The van der Waals surface area contributed by atoms with Crippen LogP contribution in [0.1, 0.15) is 20.7 Å². The average Bonchev–Trinajstić information content (AvgIpc) is 2.68. The first-order valence-electron chi connectivity index (χ1n) is 8.46. The fraction of sp³-hybridized carbons (Fsp3) is 0.176. The standard InChI is InChI=1S/C17H10F3I3N2O8S/c18-17(19,20)13(6-34(30,31)32)33-16(27)9-2-1-8(5-12(9)25(28)29)24-15(26)10-3-7(21)4-11(22)14(10)23/h1-5,13H,6H2,(H,24,26)(H,30,31,32). The normalized spacial score (nSPS) is 12.7. The third-order valence-electron chi connectivity index (χ3n) is 3.89. The van der Waals surface area contributed by atoms with Crippen LogP contribution in [0.15, 0.2) is 30.3 Å². The number of nitro groups is 1. The minimum atomic E-state index is -5.38. The van der Waals surface area contributed by atoms with Gasteiger partial charge in [-0.25, -0.2) is 4.79 Å². The molecule has 0 aromatic heterocycles. The highest BCUT2D eigenvalue weighted by atomic mass is 127. The number of carbonyl (C=O) groups excluding carboxylic acids is 2. The van der Waals surface area contributed by atoms with Gasteiger partial charge in [0.15, 0.2) is 0 Å². The first-order valence-corrected chi connectivity index (χ1v) is 13.3. The maximum absolute atomic E-state index is 13.0. The molecule has 2 aromatic carbocycles. The number of rotatable bonds is 7. The lowest BCUT2D eigenvalue weighted by molar-refractivity contribution is -0.385. The van der Waals surface area contributed by atoms with E-state index in [1.54, 1.807) is 6.07 Å². The summed E-state index contributed by atoms with van der Waals surface area (Å²) >= 11 is 5.96. The van der Waals surface area contributed by atoms with E-state index in [9.17, 15) is 41.3 Å². The third kappa shape index (κ3) is 7.84. The molecule has 2 rings (SSSR count). The van der Waals surface area contributed by atoms with Gasteiger partial charge in [-0.2, -0.15) is 21.6 Å². The van der Waals surface area contributed by atoms with Crippen molar-refractivity contribution in [2.24, 2.45) is 0 Å². The minimum Gasteiger partial charge on any atom is -0.448 e. The van der Waals surface area contributed by atoms with Crippen LogP contribution in [-0.2, 0) is 14.9 Å². The first-order chi connectivity index (χ1) is 15.5. The predicted octanol–water partition coefficient (Wildman–Crippen LogP) is 4.64. The van der Waals surface area contributed by atoms with Gasteiger partial charge in [-0.05, 0) is 92.0 Å². The smallest absolute Gasteiger partial charge is 0.426 e. The van der Waals surface area contributed by atoms with Gasteiger partial charge in [-0.15, -0.1) is 0 Å². The Morgan fingerprint density at radius 2 is 1.76 bits per heavy atom. The van der Waals surface area contributed by atoms with Crippen LogP contribution in [0.25, 0.3) is 0 Å². The van der Waals surface area contributed by atoms with Gasteiger partial charge in [0, 0.05) is 22.5 Å². The second-order valence-electron chi connectivity index (χ2n) is 6.38. The molecular weight excluding hydrogens is 830 g/mol. The summed E-state index contributed by atoms with van der Waals surface area (Å²) in [6.45, 7) is 0. The molecule has 1 amide bonds. The van der Waals surface area contributed by atoms with E-state index >= 15 is 0 Å². The molecule has 34 heavy (non-hydrogen) atoms. The number of hydrogen-bond acceptors (Lipinski definition) is 7. The molecule has 0 heterocycles. The summed E-state index contributed by atoms with van der Waals surface area (Å²) in [4.78, 5) is 35.2. The number of esters is 1. The van der Waals surface area contributed by atoms with Crippen molar-refractivity contribution in [3.05, 3.63) is 62.3 Å². The Kier molecular flexibility index (Phi) is 9.49. The molecule has 1 unspecified atom stereocenters. The number of amides is 1. The summed E-state index contributed by atoms with van der Waals surface area (Å²) in [7, 11) is -5.20. The van der Waals surface area contributed by atoms with Crippen LogP contribution in [0, 0.1) is 20.8 Å². The Bertz CT molecular complexity index is 1270. The number of carbonyl (C=O) groups is 2. The molecule has 0 bridgehead atoms. The van der Waals surface area contributed by atoms with E-state index in [1.165, 1.54) is 0 Å². The number of anilines is 1. The third-order valence-corrected chi connectivity index (χ3v) is 8.28. The Labute approximate surface area is 230 Å². The number of alkyl halides is 3. The molecule has 1 atom stereocenters. The van der Waals surface area contributed by atoms with Crippen molar-refractivity contribution in [3.63, 3.8) is 0 Å². The zero-order chi connectivity index (χ0) is 26.0. The van der Waals surface area contributed by atoms with Gasteiger partial charge >= 0.3 is 12.1 Å². The van der Waals surface area contributed by atoms with E-state index in [4.69, 9.17) is 4.55 Å². The van der Waals surface area contributed by atoms with Gasteiger partial charge in [0.2, 0.25) is 6.10 Å². The molecule has 0 saturated heterocycles. The van der Waals surface area contributed by atoms with Crippen LogP contribution in [0.5, 0.6) is 0 Å². The molecule has 2 N–H and O–H groups in total. The fourth-order valence-corrected chi connectivity index (χ4v) is 5.47. The van der Waals surface area contributed by atoms with Crippen molar-refractivity contribution in [1.82, 2.24) is 0 Å². The van der Waals surface area contributed by atoms with Crippen molar-refractivity contribution in [2.45, 2.75) is 12.3 Å². The van der Waals surface area contributed by atoms with Gasteiger partial charge in [-0.3, -0.25) is 19.5 Å². The van der Waals surface area contributed by atoms with Crippen molar-refractivity contribution >= 4 is 101 Å². The number of nitro benzene ring substituents is 1. The highest BCUT2D eigenvalue weighted by molar-refractivity contribution is 14.1. The lowest BCUT2D eigenvalue weighted by Gasteiger charge is -2.19. The number of nitrogens with one attached hydrogen (secondary N) is 1. The maximum atomic E-state index is 13.0. The Morgan fingerprint density at radius 3 is 2.29 bits per heavy atom. The topological polar surface area (TPSA) is 153 Å². The van der Waals surface area contributed by atoms with Crippen LogP contribution in [0.3, 0.4) is 0 Å². The predicted molar refractivity (Wildman–Crippen MR) is 137 cm³/mol. The molecule has 0 aliphatic rings. The molecule has 0 aliphatic heterocycles. The Balaban J connectivity index is 2.36. The highest BCUT2D eigenvalue weighted by Crippen LogP contribution is 2.29. The highest BCUT2D eigenvalue weighted by Gasteiger charge is 2.46. The van der Waals surface area contributed by atoms with E-state index in [2.05, 4.69) is 10.1 Å². The summed E-state index contributed by atoms with van der Waals surface area (Å²) in [5, 5.41) is 13.8. The van der Waals surface area contributed by atoms with Crippen molar-refractivity contribution in [1.29, 1.82) is 0 Å². The quantitative estimate of drug-likeness (QED) is 0.102. The average molecular weight is 840 g/mol. The largest absolute Gasteiger partial charge is 0.448 e. The first kappa shape index (κ1) is 28.9. The Morgan fingerprint density at radius 1 is 1.15 bits per heavy atom. The monoisotopic (exact) mass is 840 g/mol. The molecule has 0 spiro atoms. The second-order valence-corrected chi connectivity index (χ2v) is 11.4. The minimum absolute atomic E-state index is 0.136. The van der Waals surface area contributed by atoms with Gasteiger partial charge in [0.1, 0.15) is 11.3 Å². The molecular formula is C17H10F3I3N2O8S. The summed E-state index contributed by atoms with van der Waals surface area (Å²) in [5.41, 5.74) is -1.79. The van der Waals surface area contributed by atoms with Crippen molar-refractivity contribution in [3.8, 4) is 0 Å². The van der Waals surface area contributed by atoms with E-state index in [0.29, 0.717) is 3.57 Å². The fourth-order valence-electron chi connectivity index (χ4n) is 2.43. The molecule has 17 heteroatoms. The number of hydrogen-bond donors (Lipinski definition) is 2. The molecule has 2 aromatic rings. The number of halogens is 6. The van der Waals surface area contributed by atoms with Gasteiger partial charge in [0.05, 0.1) is 10.5 Å². The van der Waals surface area contributed by atoms with E-state index < -0.39 is 56.2 Å². The van der Waals surface area contributed by atoms with E-state index in [-0.39, 0.29) is 11.3 Å². The lowest BCUT2D eigenvalue weighted by atomic mass is 10.1. The summed E-state index contributed by atoms with van der Waals surface area (Å²) in [5.74, 6) is -4.47. The maximum Gasteiger partial charge on any atom is 0.426 e.